The van der Waals surface area contributed by atoms with Gasteiger partial charge in [-0.3, -0.25) is 9.69 Å². The molecule has 3 nitrogen and oxygen atoms in total. The molecule has 0 saturated heterocycles. The Labute approximate surface area is 97.4 Å². The highest BCUT2D eigenvalue weighted by Gasteiger charge is 2.15. The van der Waals surface area contributed by atoms with Crippen LogP contribution in [0.4, 0.5) is 0 Å². The van der Waals surface area contributed by atoms with Gasteiger partial charge in [-0.15, -0.1) is 0 Å². The third-order valence-electron chi connectivity index (χ3n) is 2.95. The molecule has 0 bridgehead atoms. The number of Topliss-reactive ketones (excluding diaryl/α,β-unsaturated/α-hetero) is 1. The molecule has 1 rings (SSSR count). The number of hydrogen-bond donors (Lipinski definition) is 0. The van der Waals surface area contributed by atoms with Crippen LogP contribution in [0.1, 0.15) is 33.0 Å². The van der Waals surface area contributed by atoms with Gasteiger partial charge in [0.15, 0.2) is 0 Å². The van der Waals surface area contributed by atoms with E-state index in [4.69, 9.17) is 4.42 Å². The largest absolute Gasteiger partial charge is 0.468 e. The van der Waals surface area contributed by atoms with E-state index in [-0.39, 0.29) is 5.92 Å². The van der Waals surface area contributed by atoms with Gasteiger partial charge in [-0.05, 0) is 25.1 Å². The summed E-state index contributed by atoms with van der Waals surface area (Å²) < 4.78 is 5.28. The predicted octanol–water partition coefficient (Wildman–Crippen LogP) is 2.72. The molecule has 0 aliphatic rings. The monoisotopic (exact) mass is 223 g/mol. The minimum absolute atomic E-state index is 0.158. The first-order valence-corrected chi connectivity index (χ1v) is 5.94. The minimum Gasteiger partial charge on any atom is -0.468 e. The fourth-order valence-corrected chi connectivity index (χ4v) is 1.51. The number of rotatable bonds is 7. The zero-order valence-electron chi connectivity index (χ0n) is 10.4. The highest BCUT2D eigenvalue weighted by atomic mass is 16.3. The van der Waals surface area contributed by atoms with Crippen molar-refractivity contribution < 1.29 is 9.21 Å². The topological polar surface area (TPSA) is 33.5 Å². The second-order valence-electron chi connectivity index (χ2n) is 4.16. The van der Waals surface area contributed by atoms with E-state index in [2.05, 4.69) is 11.8 Å². The van der Waals surface area contributed by atoms with Crippen LogP contribution in [0.15, 0.2) is 22.8 Å². The van der Waals surface area contributed by atoms with Gasteiger partial charge in [-0.25, -0.2) is 0 Å². The van der Waals surface area contributed by atoms with Gasteiger partial charge in [0.25, 0.3) is 0 Å². The van der Waals surface area contributed by atoms with Crippen molar-refractivity contribution in [1.29, 1.82) is 0 Å². The van der Waals surface area contributed by atoms with Gasteiger partial charge < -0.3 is 4.42 Å². The van der Waals surface area contributed by atoms with E-state index < -0.39 is 0 Å². The summed E-state index contributed by atoms with van der Waals surface area (Å²) >= 11 is 0. The van der Waals surface area contributed by atoms with Gasteiger partial charge in [0.1, 0.15) is 11.5 Å². The average Bonchev–Trinajstić information content (AvgIpc) is 2.79. The normalized spacial score (nSPS) is 13.0. The molecule has 1 heterocycles. The van der Waals surface area contributed by atoms with Crippen LogP contribution in [-0.4, -0.2) is 23.8 Å². The van der Waals surface area contributed by atoms with E-state index >= 15 is 0 Å². The van der Waals surface area contributed by atoms with E-state index in [0.717, 1.165) is 18.7 Å². The standard InChI is InChI=1S/C13H21NO2/c1-4-11(3)13(15)10-14(5-2)9-12-7-6-8-16-12/h6-8,11H,4-5,9-10H2,1-3H3. The van der Waals surface area contributed by atoms with Gasteiger partial charge >= 0.3 is 0 Å². The predicted molar refractivity (Wildman–Crippen MR) is 64.1 cm³/mol. The van der Waals surface area contributed by atoms with Crippen LogP contribution in [0.2, 0.25) is 0 Å². The lowest BCUT2D eigenvalue weighted by Gasteiger charge is -2.19. The molecule has 0 N–H and O–H groups in total. The maximum absolute atomic E-state index is 11.8. The van der Waals surface area contributed by atoms with E-state index in [1.54, 1.807) is 6.26 Å². The summed E-state index contributed by atoms with van der Waals surface area (Å²) in [7, 11) is 0. The molecule has 0 spiro atoms. The summed E-state index contributed by atoms with van der Waals surface area (Å²) in [5, 5.41) is 0. The van der Waals surface area contributed by atoms with Crippen molar-refractivity contribution in [2.45, 2.75) is 33.7 Å². The Morgan fingerprint density at radius 2 is 2.25 bits per heavy atom. The molecule has 16 heavy (non-hydrogen) atoms. The summed E-state index contributed by atoms with van der Waals surface area (Å²) in [4.78, 5) is 13.9. The number of furan rings is 1. The van der Waals surface area contributed by atoms with Gasteiger partial charge in [-0.2, -0.15) is 0 Å². The van der Waals surface area contributed by atoms with Crippen LogP contribution in [0, 0.1) is 5.92 Å². The molecule has 3 heteroatoms. The molecular weight excluding hydrogens is 202 g/mol. The Morgan fingerprint density at radius 1 is 1.50 bits per heavy atom. The van der Waals surface area contributed by atoms with Crippen LogP contribution in [0.25, 0.3) is 0 Å². The number of likely N-dealkylation sites (N-methyl/N-ethyl adjacent to an activating group) is 1. The molecule has 0 amide bonds. The smallest absolute Gasteiger partial charge is 0.149 e. The lowest BCUT2D eigenvalue weighted by Crippen LogP contribution is -2.31. The Morgan fingerprint density at radius 3 is 2.75 bits per heavy atom. The van der Waals surface area contributed by atoms with Gasteiger partial charge in [-0.1, -0.05) is 20.8 Å². The molecule has 0 aliphatic carbocycles. The molecule has 0 saturated carbocycles. The number of hydrogen-bond acceptors (Lipinski definition) is 3. The third-order valence-corrected chi connectivity index (χ3v) is 2.95. The minimum atomic E-state index is 0.158. The van der Waals surface area contributed by atoms with Crippen molar-refractivity contribution in [2.24, 2.45) is 5.92 Å². The van der Waals surface area contributed by atoms with E-state index in [0.29, 0.717) is 18.9 Å². The molecule has 1 unspecified atom stereocenters. The van der Waals surface area contributed by atoms with E-state index in [1.807, 2.05) is 26.0 Å². The second kappa shape index (κ2) is 6.48. The van der Waals surface area contributed by atoms with Crippen molar-refractivity contribution in [1.82, 2.24) is 4.90 Å². The number of ketones is 1. The van der Waals surface area contributed by atoms with Crippen molar-refractivity contribution in [2.75, 3.05) is 13.1 Å². The average molecular weight is 223 g/mol. The van der Waals surface area contributed by atoms with Crippen LogP contribution in [0.5, 0.6) is 0 Å². The molecule has 1 atom stereocenters. The van der Waals surface area contributed by atoms with Crippen LogP contribution >= 0.6 is 0 Å². The molecule has 90 valence electrons. The maximum Gasteiger partial charge on any atom is 0.149 e. The molecule has 0 aromatic carbocycles. The van der Waals surface area contributed by atoms with Crippen LogP contribution in [0.3, 0.4) is 0 Å². The van der Waals surface area contributed by atoms with Crippen molar-refractivity contribution in [3.8, 4) is 0 Å². The Kier molecular flexibility index (Phi) is 5.26. The zero-order valence-corrected chi connectivity index (χ0v) is 10.4. The lowest BCUT2D eigenvalue weighted by molar-refractivity contribution is -0.123. The van der Waals surface area contributed by atoms with Crippen molar-refractivity contribution >= 4 is 5.78 Å². The quantitative estimate of drug-likeness (QED) is 0.712. The third kappa shape index (κ3) is 3.81. The molecule has 0 fully saturated rings. The van der Waals surface area contributed by atoms with Crippen LogP contribution in [-0.2, 0) is 11.3 Å². The van der Waals surface area contributed by atoms with Crippen molar-refractivity contribution in [3.05, 3.63) is 24.2 Å². The summed E-state index contributed by atoms with van der Waals surface area (Å²) in [5.74, 6) is 1.39. The molecule has 1 aromatic heterocycles. The summed E-state index contributed by atoms with van der Waals surface area (Å²) in [6, 6.07) is 3.82. The summed E-state index contributed by atoms with van der Waals surface area (Å²) in [5.41, 5.74) is 0. The second-order valence-corrected chi connectivity index (χ2v) is 4.16. The first-order valence-electron chi connectivity index (χ1n) is 5.94. The summed E-state index contributed by atoms with van der Waals surface area (Å²) in [6.07, 6.45) is 2.58. The lowest BCUT2D eigenvalue weighted by atomic mass is 10.0. The number of carbonyl (C=O) groups is 1. The summed E-state index contributed by atoms with van der Waals surface area (Å²) in [6.45, 7) is 8.20. The molecule has 0 aliphatic heterocycles. The van der Waals surface area contributed by atoms with Crippen molar-refractivity contribution in [3.63, 3.8) is 0 Å². The Balaban J connectivity index is 2.46. The first-order chi connectivity index (χ1) is 7.67. The SMILES string of the molecule is CCC(C)C(=O)CN(CC)Cc1ccco1. The number of nitrogens with zero attached hydrogens (tertiary/aromatic N) is 1. The zero-order chi connectivity index (χ0) is 12.0. The number of carbonyl (C=O) groups excluding carboxylic acids is 1. The fourth-order valence-electron chi connectivity index (χ4n) is 1.51. The van der Waals surface area contributed by atoms with Gasteiger partial charge in [0, 0.05) is 5.92 Å². The Bertz CT molecular complexity index is 306. The molecule has 0 radical (unpaired) electrons. The van der Waals surface area contributed by atoms with Crippen LogP contribution < -0.4 is 0 Å². The fraction of sp³-hybridized carbons (Fsp3) is 0.615. The molecular formula is C13H21NO2. The highest BCUT2D eigenvalue weighted by Crippen LogP contribution is 2.08. The first kappa shape index (κ1) is 13.0. The van der Waals surface area contributed by atoms with Gasteiger partial charge in [0.05, 0.1) is 19.4 Å². The highest BCUT2D eigenvalue weighted by molar-refractivity contribution is 5.82. The van der Waals surface area contributed by atoms with Gasteiger partial charge in [0.2, 0.25) is 0 Å². The Hall–Kier alpha value is -1.09. The molecule has 1 aromatic rings. The van der Waals surface area contributed by atoms with E-state index in [9.17, 15) is 4.79 Å². The van der Waals surface area contributed by atoms with E-state index in [1.165, 1.54) is 0 Å². The maximum atomic E-state index is 11.8.